The van der Waals surface area contributed by atoms with Gasteiger partial charge in [0.05, 0.1) is 6.61 Å². The fourth-order valence-electron chi connectivity index (χ4n) is 2.23. The SMILES string of the molecule is CCOCCC(=O)NCCc1c[nH]c2ccc(C)cc12. The van der Waals surface area contributed by atoms with Gasteiger partial charge in [-0.1, -0.05) is 11.6 Å². The first kappa shape index (κ1) is 14.6. The maximum Gasteiger partial charge on any atom is 0.222 e. The zero-order chi connectivity index (χ0) is 14.4. The fraction of sp³-hybridized carbons (Fsp3) is 0.438. The van der Waals surface area contributed by atoms with Crippen molar-refractivity contribution < 1.29 is 9.53 Å². The van der Waals surface area contributed by atoms with Crippen molar-refractivity contribution in [3.8, 4) is 0 Å². The third-order valence-electron chi connectivity index (χ3n) is 3.32. The second-order valence-corrected chi connectivity index (χ2v) is 4.91. The molecule has 0 aliphatic rings. The van der Waals surface area contributed by atoms with Gasteiger partial charge in [-0.05, 0) is 38.0 Å². The van der Waals surface area contributed by atoms with Crippen molar-refractivity contribution in [2.24, 2.45) is 0 Å². The van der Waals surface area contributed by atoms with E-state index in [1.165, 1.54) is 16.5 Å². The molecule has 20 heavy (non-hydrogen) atoms. The number of aromatic nitrogens is 1. The molecule has 2 rings (SSSR count). The van der Waals surface area contributed by atoms with E-state index in [-0.39, 0.29) is 5.91 Å². The Hall–Kier alpha value is -1.81. The number of carbonyl (C=O) groups is 1. The lowest BCUT2D eigenvalue weighted by Gasteiger charge is -2.05. The van der Waals surface area contributed by atoms with Gasteiger partial charge in [0.2, 0.25) is 5.91 Å². The van der Waals surface area contributed by atoms with Crippen molar-refractivity contribution in [3.63, 3.8) is 0 Å². The third kappa shape index (κ3) is 3.84. The van der Waals surface area contributed by atoms with Gasteiger partial charge in [0.15, 0.2) is 0 Å². The molecule has 1 amide bonds. The number of carbonyl (C=O) groups excluding carboxylic acids is 1. The van der Waals surface area contributed by atoms with Gasteiger partial charge in [0, 0.05) is 36.7 Å². The summed E-state index contributed by atoms with van der Waals surface area (Å²) in [6.45, 7) is 5.82. The summed E-state index contributed by atoms with van der Waals surface area (Å²) in [5.74, 6) is 0.0504. The van der Waals surface area contributed by atoms with E-state index >= 15 is 0 Å². The molecule has 0 spiro atoms. The molecule has 0 saturated carbocycles. The molecule has 1 aromatic heterocycles. The topological polar surface area (TPSA) is 54.1 Å². The molecule has 4 nitrogen and oxygen atoms in total. The number of amides is 1. The molecular formula is C16H22N2O2. The third-order valence-corrected chi connectivity index (χ3v) is 3.32. The van der Waals surface area contributed by atoms with Crippen LogP contribution in [0.5, 0.6) is 0 Å². The first-order valence-corrected chi connectivity index (χ1v) is 7.11. The first-order valence-electron chi connectivity index (χ1n) is 7.11. The van der Waals surface area contributed by atoms with Gasteiger partial charge in [0.25, 0.3) is 0 Å². The second kappa shape index (κ2) is 7.10. The van der Waals surface area contributed by atoms with Gasteiger partial charge in [-0.2, -0.15) is 0 Å². The summed E-state index contributed by atoms with van der Waals surface area (Å²) in [6.07, 6.45) is 3.29. The quantitative estimate of drug-likeness (QED) is 0.762. The highest BCUT2D eigenvalue weighted by Crippen LogP contribution is 2.19. The van der Waals surface area contributed by atoms with Crippen LogP contribution >= 0.6 is 0 Å². The normalized spacial score (nSPS) is 10.9. The molecule has 0 bridgehead atoms. The van der Waals surface area contributed by atoms with Crippen LogP contribution in [0.3, 0.4) is 0 Å². The number of nitrogens with one attached hydrogen (secondary N) is 2. The average Bonchev–Trinajstić information content (AvgIpc) is 2.82. The Bertz CT molecular complexity index is 575. The van der Waals surface area contributed by atoms with E-state index in [1.807, 2.05) is 13.1 Å². The van der Waals surface area contributed by atoms with Gasteiger partial charge < -0.3 is 15.0 Å². The predicted octanol–water partition coefficient (Wildman–Crippen LogP) is 2.56. The lowest BCUT2D eigenvalue weighted by atomic mass is 10.1. The van der Waals surface area contributed by atoms with Gasteiger partial charge in [-0.15, -0.1) is 0 Å². The van der Waals surface area contributed by atoms with E-state index in [4.69, 9.17) is 4.74 Å². The minimum atomic E-state index is 0.0504. The number of aromatic amines is 1. The van der Waals surface area contributed by atoms with Crippen LogP contribution in [0.2, 0.25) is 0 Å². The van der Waals surface area contributed by atoms with Crippen molar-refractivity contribution in [2.75, 3.05) is 19.8 Å². The molecule has 0 radical (unpaired) electrons. The van der Waals surface area contributed by atoms with Crippen molar-refractivity contribution in [1.29, 1.82) is 0 Å². The van der Waals surface area contributed by atoms with Gasteiger partial charge in [0.1, 0.15) is 0 Å². The molecule has 2 aromatic rings. The molecule has 108 valence electrons. The molecule has 0 aliphatic carbocycles. The maximum atomic E-state index is 11.6. The number of aryl methyl sites for hydroxylation is 1. The van der Waals surface area contributed by atoms with E-state index in [9.17, 15) is 4.79 Å². The summed E-state index contributed by atoms with van der Waals surface area (Å²) in [5, 5.41) is 4.17. The minimum Gasteiger partial charge on any atom is -0.381 e. The smallest absolute Gasteiger partial charge is 0.222 e. The zero-order valence-electron chi connectivity index (χ0n) is 12.2. The van der Waals surface area contributed by atoms with Crippen molar-refractivity contribution in [1.82, 2.24) is 10.3 Å². The van der Waals surface area contributed by atoms with Gasteiger partial charge >= 0.3 is 0 Å². The highest BCUT2D eigenvalue weighted by molar-refractivity contribution is 5.84. The molecule has 0 aliphatic heterocycles. The summed E-state index contributed by atoms with van der Waals surface area (Å²) in [5.41, 5.74) is 3.64. The number of benzene rings is 1. The monoisotopic (exact) mass is 274 g/mol. The number of hydrogen-bond donors (Lipinski definition) is 2. The molecule has 1 heterocycles. The van der Waals surface area contributed by atoms with E-state index < -0.39 is 0 Å². The van der Waals surface area contributed by atoms with Crippen LogP contribution in [-0.2, 0) is 16.0 Å². The molecule has 0 saturated heterocycles. The fourth-order valence-corrected chi connectivity index (χ4v) is 2.23. The molecular weight excluding hydrogens is 252 g/mol. The van der Waals surface area contributed by atoms with Crippen molar-refractivity contribution >= 4 is 16.8 Å². The average molecular weight is 274 g/mol. The molecule has 2 N–H and O–H groups in total. The Balaban J connectivity index is 1.84. The summed E-state index contributed by atoms with van der Waals surface area (Å²) in [4.78, 5) is 14.8. The zero-order valence-corrected chi connectivity index (χ0v) is 12.2. The highest BCUT2D eigenvalue weighted by Gasteiger charge is 2.05. The first-order chi connectivity index (χ1) is 9.70. The number of rotatable bonds is 7. The highest BCUT2D eigenvalue weighted by atomic mass is 16.5. The number of fused-ring (bicyclic) bond motifs is 1. The lowest BCUT2D eigenvalue weighted by Crippen LogP contribution is -2.26. The van der Waals surface area contributed by atoms with Gasteiger partial charge in [-0.25, -0.2) is 0 Å². The van der Waals surface area contributed by atoms with Crippen LogP contribution in [0.4, 0.5) is 0 Å². The van der Waals surface area contributed by atoms with Gasteiger partial charge in [-0.3, -0.25) is 4.79 Å². The predicted molar refractivity (Wildman–Crippen MR) is 80.9 cm³/mol. The number of hydrogen-bond acceptors (Lipinski definition) is 2. The van der Waals surface area contributed by atoms with Crippen molar-refractivity contribution in [3.05, 3.63) is 35.5 Å². The number of ether oxygens (including phenoxy) is 1. The van der Waals surface area contributed by atoms with Crippen LogP contribution in [-0.4, -0.2) is 30.6 Å². The Morgan fingerprint density at radius 3 is 3.05 bits per heavy atom. The van der Waals surface area contributed by atoms with Crippen LogP contribution in [0.1, 0.15) is 24.5 Å². The standard InChI is InChI=1S/C16H22N2O2/c1-3-20-9-7-16(19)17-8-6-13-11-18-15-5-4-12(2)10-14(13)15/h4-5,10-11,18H,3,6-9H2,1-2H3,(H,17,19). The summed E-state index contributed by atoms with van der Waals surface area (Å²) in [7, 11) is 0. The molecule has 0 atom stereocenters. The van der Waals surface area contributed by atoms with Crippen molar-refractivity contribution in [2.45, 2.75) is 26.7 Å². The summed E-state index contributed by atoms with van der Waals surface area (Å²) in [6, 6.07) is 6.37. The second-order valence-electron chi connectivity index (χ2n) is 4.91. The van der Waals surface area contributed by atoms with Crippen LogP contribution in [0.25, 0.3) is 10.9 Å². The van der Waals surface area contributed by atoms with E-state index in [0.29, 0.717) is 26.2 Å². The molecule has 0 fully saturated rings. The Kier molecular flexibility index (Phi) is 5.18. The summed E-state index contributed by atoms with van der Waals surface area (Å²) >= 11 is 0. The van der Waals surface area contributed by atoms with E-state index in [2.05, 4.69) is 35.4 Å². The minimum absolute atomic E-state index is 0.0504. The van der Waals surface area contributed by atoms with E-state index in [1.54, 1.807) is 0 Å². The Morgan fingerprint density at radius 1 is 1.40 bits per heavy atom. The van der Waals surface area contributed by atoms with Crippen LogP contribution in [0, 0.1) is 6.92 Å². The van der Waals surface area contributed by atoms with E-state index in [0.717, 1.165) is 11.9 Å². The largest absolute Gasteiger partial charge is 0.381 e. The Labute approximate surface area is 119 Å². The summed E-state index contributed by atoms with van der Waals surface area (Å²) < 4.78 is 5.16. The number of H-pyrrole nitrogens is 1. The van der Waals surface area contributed by atoms with Crippen LogP contribution < -0.4 is 5.32 Å². The Morgan fingerprint density at radius 2 is 2.25 bits per heavy atom. The molecule has 1 aromatic carbocycles. The van der Waals surface area contributed by atoms with Crippen LogP contribution in [0.15, 0.2) is 24.4 Å². The molecule has 4 heteroatoms. The maximum absolute atomic E-state index is 11.6. The molecule has 0 unspecified atom stereocenters. The lowest BCUT2D eigenvalue weighted by molar-refractivity contribution is -0.122.